The van der Waals surface area contributed by atoms with E-state index in [9.17, 15) is 4.79 Å². The van der Waals surface area contributed by atoms with Gasteiger partial charge in [-0.05, 0) is 39.0 Å². The minimum absolute atomic E-state index is 0. The van der Waals surface area contributed by atoms with Gasteiger partial charge < -0.3 is 11.1 Å². The molecule has 0 aromatic rings. The molecule has 2 unspecified atom stereocenters. The molecular formula is C13H27ClN2O. The minimum Gasteiger partial charge on any atom is -0.351 e. The molecule has 0 saturated heterocycles. The Morgan fingerprint density at radius 1 is 1.35 bits per heavy atom. The third-order valence-electron chi connectivity index (χ3n) is 3.78. The second-order valence-electron chi connectivity index (χ2n) is 5.70. The number of halogens is 1. The number of amides is 1. The number of carbonyl (C=O) groups excluding carboxylic acids is 1. The molecule has 3 N–H and O–H groups in total. The van der Waals surface area contributed by atoms with E-state index in [1.165, 1.54) is 12.8 Å². The van der Waals surface area contributed by atoms with Crippen molar-refractivity contribution in [3.8, 4) is 0 Å². The first kappa shape index (κ1) is 16.7. The van der Waals surface area contributed by atoms with Crippen LogP contribution in [0.5, 0.6) is 0 Å². The number of nitrogens with one attached hydrogen (secondary N) is 1. The van der Waals surface area contributed by atoms with Crippen LogP contribution in [0.15, 0.2) is 0 Å². The molecule has 2 atom stereocenters. The fourth-order valence-corrected chi connectivity index (χ4v) is 2.24. The van der Waals surface area contributed by atoms with Gasteiger partial charge in [0, 0.05) is 18.0 Å². The first-order valence-electron chi connectivity index (χ1n) is 6.51. The summed E-state index contributed by atoms with van der Waals surface area (Å²) >= 11 is 0. The summed E-state index contributed by atoms with van der Waals surface area (Å²) in [7, 11) is 0. The van der Waals surface area contributed by atoms with Gasteiger partial charge in [0.1, 0.15) is 0 Å². The molecule has 3 nitrogen and oxygen atoms in total. The van der Waals surface area contributed by atoms with Gasteiger partial charge in [-0.25, -0.2) is 0 Å². The van der Waals surface area contributed by atoms with Crippen LogP contribution in [0.4, 0.5) is 0 Å². The van der Waals surface area contributed by atoms with Crippen molar-refractivity contribution in [2.24, 2.45) is 11.7 Å². The number of carbonyl (C=O) groups is 1. The Bertz CT molecular complexity index is 244. The van der Waals surface area contributed by atoms with Crippen LogP contribution in [0.2, 0.25) is 0 Å². The van der Waals surface area contributed by atoms with Crippen molar-refractivity contribution in [2.75, 3.05) is 0 Å². The van der Waals surface area contributed by atoms with Gasteiger partial charge in [0.2, 0.25) is 5.91 Å². The molecule has 102 valence electrons. The Kier molecular flexibility index (Phi) is 7.10. The molecule has 0 aromatic heterocycles. The van der Waals surface area contributed by atoms with Gasteiger partial charge in [-0.2, -0.15) is 0 Å². The number of rotatable bonds is 4. The van der Waals surface area contributed by atoms with Crippen molar-refractivity contribution < 1.29 is 4.79 Å². The predicted octanol–water partition coefficient (Wildman–Crippen LogP) is 2.62. The molecule has 4 heteroatoms. The van der Waals surface area contributed by atoms with Gasteiger partial charge in [0.05, 0.1) is 0 Å². The molecule has 1 fully saturated rings. The van der Waals surface area contributed by atoms with Crippen molar-refractivity contribution in [3.05, 3.63) is 0 Å². The standard InChI is InChI=1S/C13H26N2O.ClH/c1-4-13(2,3)15-12(16)9-10-7-5-6-8-11(10)14;/h10-11H,4-9,14H2,1-3H3,(H,15,16);1H. The fourth-order valence-electron chi connectivity index (χ4n) is 2.24. The van der Waals surface area contributed by atoms with E-state index in [1.54, 1.807) is 0 Å². The van der Waals surface area contributed by atoms with Gasteiger partial charge in [0.15, 0.2) is 0 Å². The minimum atomic E-state index is -0.0875. The van der Waals surface area contributed by atoms with E-state index in [0.717, 1.165) is 19.3 Å². The van der Waals surface area contributed by atoms with Crippen molar-refractivity contribution in [1.29, 1.82) is 0 Å². The molecule has 0 aliphatic heterocycles. The summed E-state index contributed by atoms with van der Waals surface area (Å²) in [4.78, 5) is 11.9. The van der Waals surface area contributed by atoms with Crippen molar-refractivity contribution in [3.63, 3.8) is 0 Å². The summed E-state index contributed by atoms with van der Waals surface area (Å²) in [6.45, 7) is 6.21. The molecule has 0 spiro atoms. The van der Waals surface area contributed by atoms with E-state index in [-0.39, 0.29) is 29.9 Å². The highest BCUT2D eigenvalue weighted by Crippen LogP contribution is 2.25. The normalized spacial score (nSPS) is 24.9. The lowest BCUT2D eigenvalue weighted by Crippen LogP contribution is -2.45. The van der Waals surface area contributed by atoms with Gasteiger partial charge >= 0.3 is 0 Å². The first-order chi connectivity index (χ1) is 7.44. The smallest absolute Gasteiger partial charge is 0.220 e. The lowest BCUT2D eigenvalue weighted by molar-refractivity contribution is -0.124. The summed E-state index contributed by atoms with van der Waals surface area (Å²) in [6, 6.07) is 0.226. The Labute approximate surface area is 111 Å². The molecule has 0 radical (unpaired) electrons. The molecule has 0 bridgehead atoms. The lowest BCUT2D eigenvalue weighted by atomic mass is 9.82. The number of hydrogen-bond acceptors (Lipinski definition) is 2. The maximum Gasteiger partial charge on any atom is 0.220 e. The Morgan fingerprint density at radius 2 is 1.94 bits per heavy atom. The fraction of sp³-hybridized carbons (Fsp3) is 0.923. The van der Waals surface area contributed by atoms with E-state index in [2.05, 4.69) is 26.1 Å². The van der Waals surface area contributed by atoms with Gasteiger partial charge in [-0.3, -0.25) is 4.79 Å². The monoisotopic (exact) mass is 262 g/mol. The quantitative estimate of drug-likeness (QED) is 0.818. The maximum absolute atomic E-state index is 11.9. The highest BCUT2D eigenvalue weighted by Gasteiger charge is 2.26. The third kappa shape index (κ3) is 5.73. The van der Waals surface area contributed by atoms with E-state index in [1.807, 2.05) is 0 Å². The maximum atomic E-state index is 11.9. The van der Waals surface area contributed by atoms with Crippen LogP contribution in [0.25, 0.3) is 0 Å². The molecule has 17 heavy (non-hydrogen) atoms. The average Bonchev–Trinajstić information content (AvgIpc) is 2.21. The zero-order chi connectivity index (χ0) is 12.2. The molecule has 1 aliphatic carbocycles. The summed E-state index contributed by atoms with van der Waals surface area (Å²) in [6.07, 6.45) is 6.19. The molecular weight excluding hydrogens is 236 g/mol. The lowest BCUT2D eigenvalue weighted by Gasteiger charge is -2.30. The second-order valence-corrected chi connectivity index (χ2v) is 5.70. The average molecular weight is 263 g/mol. The van der Waals surface area contributed by atoms with Crippen LogP contribution >= 0.6 is 12.4 Å². The SMILES string of the molecule is CCC(C)(C)NC(=O)CC1CCCCC1N.Cl. The summed E-state index contributed by atoms with van der Waals surface area (Å²) in [5.41, 5.74) is 5.96. The second kappa shape index (κ2) is 7.22. The summed E-state index contributed by atoms with van der Waals surface area (Å²) < 4.78 is 0. The van der Waals surface area contributed by atoms with Crippen molar-refractivity contribution >= 4 is 18.3 Å². The van der Waals surface area contributed by atoms with Crippen LogP contribution in [-0.2, 0) is 4.79 Å². The summed E-state index contributed by atoms with van der Waals surface area (Å²) in [5, 5.41) is 3.08. The summed E-state index contributed by atoms with van der Waals surface area (Å²) in [5.74, 6) is 0.551. The van der Waals surface area contributed by atoms with E-state index >= 15 is 0 Å². The first-order valence-corrected chi connectivity index (χ1v) is 6.51. The van der Waals surface area contributed by atoms with Crippen LogP contribution in [0, 0.1) is 5.92 Å². The highest BCUT2D eigenvalue weighted by molar-refractivity contribution is 5.85. The van der Waals surface area contributed by atoms with Crippen LogP contribution in [-0.4, -0.2) is 17.5 Å². The molecule has 1 aliphatic rings. The molecule has 1 saturated carbocycles. The van der Waals surface area contributed by atoms with Gasteiger partial charge in [0.25, 0.3) is 0 Å². The number of hydrogen-bond donors (Lipinski definition) is 2. The van der Waals surface area contributed by atoms with Gasteiger partial charge in [-0.1, -0.05) is 19.8 Å². The molecule has 1 rings (SSSR count). The zero-order valence-electron chi connectivity index (χ0n) is 11.3. The molecule has 0 aromatic carbocycles. The Morgan fingerprint density at radius 3 is 2.47 bits per heavy atom. The molecule has 1 amide bonds. The highest BCUT2D eigenvalue weighted by atomic mass is 35.5. The Hall–Kier alpha value is -0.280. The van der Waals surface area contributed by atoms with Crippen LogP contribution in [0.3, 0.4) is 0 Å². The topological polar surface area (TPSA) is 55.1 Å². The van der Waals surface area contributed by atoms with Crippen LogP contribution < -0.4 is 11.1 Å². The van der Waals surface area contributed by atoms with Crippen molar-refractivity contribution in [1.82, 2.24) is 5.32 Å². The van der Waals surface area contributed by atoms with E-state index < -0.39 is 0 Å². The van der Waals surface area contributed by atoms with Crippen LogP contribution in [0.1, 0.15) is 59.3 Å². The predicted molar refractivity (Wildman–Crippen MR) is 74.3 cm³/mol. The van der Waals surface area contributed by atoms with E-state index in [0.29, 0.717) is 12.3 Å². The third-order valence-corrected chi connectivity index (χ3v) is 3.78. The van der Waals surface area contributed by atoms with Gasteiger partial charge in [-0.15, -0.1) is 12.4 Å². The largest absolute Gasteiger partial charge is 0.351 e. The molecule has 0 heterocycles. The number of nitrogens with two attached hydrogens (primary N) is 1. The Balaban J connectivity index is 0.00000256. The zero-order valence-corrected chi connectivity index (χ0v) is 12.1. The van der Waals surface area contributed by atoms with Crippen molar-refractivity contribution in [2.45, 2.75) is 70.9 Å². The van der Waals surface area contributed by atoms with E-state index in [4.69, 9.17) is 5.73 Å².